The molecule has 2 aromatic heterocycles. The Morgan fingerprint density at radius 3 is 2.90 bits per heavy atom. The number of carbonyl (C=O) groups excluding carboxylic acids is 1. The summed E-state index contributed by atoms with van der Waals surface area (Å²) in [5.74, 6) is 1.17. The number of aromatic nitrogens is 5. The smallest absolute Gasteiger partial charge is 0.322 e. The minimum absolute atomic E-state index is 0.134. The summed E-state index contributed by atoms with van der Waals surface area (Å²) < 4.78 is 6.95. The van der Waals surface area contributed by atoms with Gasteiger partial charge in [-0.2, -0.15) is 0 Å². The van der Waals surface area contributed by atoms with Crippen molar-refractivity contribution in [2.45, 2.75) is 23.9 Å². The summed E-state index contributed by atoms with van der Waals surface area (Å²) in [4.78, 5) is 11.8. The molecule has 0 spiro atoms. The molecule has 3 rings (SSSR count). The third-order valence-electron chi connectivity index (χ3n) is 2.81. The molecule has 10 heteroatoms. The van der Waals surface area contributed by atoms with Crippen LogP contribution in [0.15, 0.2) is 9.57 Å². The van der Waals surface area contributed by atoms with Crippen molar-refractivity contribution in [2.24, 2.45) is 7.05 Å². The van der Waals surface area contributed by atoms with Gasteiger partial charge in [0.25, 0.3) is 0 Å². The first kappa shape index (κ1) is 12.9. The van der Waals surface area contributed by atoms with Gasteiger partial charge in [-0.3, -0.25) is 14.7 Å². The average molecular weight is 295 g/mol. The predicted octanol–water partition coefficient (Wildman–Crippen LogP) is 0.388. The van der Waals surface area contributed by atoms with E-state index in [1.807, 2.05) is 0 Å². The average Bonchev–Trinajstić information content (AvgIpc) is 3.10. The van der Waals surface area contributed by atoms with Crippen molar-refractivity contribution in [1.82, 2.24) is 25.0 Å². The number of rotatable bonds is 5. The molecule has 106 valence electrons. The molecule has 3 N–H and O–H groups in total. The molecule has 0 bridgehead atoms. The highest BCUT2D eigenvalue weighted by atomic mass is 32.2. The maximum absolute atomic E-state index is 11.8. The number of nitrogens with zero attached hydrogens (tertiary/aromatic N) is 5. The molecular weight excluding hydrogens is 282 g/mol. The molecule has 0 saturated heterocycles. The predicted molar refractivity (Wildman–Crippen MR) is 71.0 cm³/mol. The van der Waals surface area contributed by atoms with Crippen LogP contribution < -0.4 is 11.1 Å². The van der Waals surface area contributed by atoms with Crippen molar-refractivity contribution in [3.8, 4) is 0 Å². The Hall–Kier alpha value is -2.10. The maximum Gasteiger partial charge on any atom is 0.322 e. The van der Waals surface area contributed by atoms with Crippen LogP contribution in [-0.4, -0.2) is 36.6 Å². The molecule has 0 aliphatic heterocycles. The van der Waals surface area contributed by atoms with E-state index >= 15 is 0 Å². The SMILES string of the molecule is Cn1c(N)nnc1SCC(=O)Nc1nnc(C2CC2)o1. The number of thioether (sulfide) groups is 1. The monoisotopic (exact) mass is 295 g/mol. The molecule has 0 atom stereocenters. The minimum Gasteiger partial charge on any atom is -0.408 e. The fourth-order valence-corrected chi connectivity index (χ4v) is 2.24. The second kappa shape index (κ2) is 5.12. The van der Waals surface area contributed by atoms with Gasteiger partial charge in [0.15, 0.2) is 5.16 Å². The van der Waals surface area contributed by atoms with Crippen LogP contribution in [0, 0.1) is 0 Å². The molecule has 1 saturated carbocycles. The third-order valence-corrected chi connectivity index (χ3v) is 3.83. The highest BCUT2D eigenvalue weighted by molar-refractivity contribution is 7.99. The van der Waals surface area contributed by atoms with E-state index in [9.17, 15) is 4.79 Å². The second-order valence-corrected chi connectivity index (χ2v) is 5.40. The summed E-state index contributed by atoms with van der Waals surface area (Å²) in [6, 6.07) is 0.134. The van der Waals surface area contributed by atoms with E-state index in [-0.39, 0.29) is 17.7 Å². The molecule has 1 aliphatic carbocycles. The molecule has 0 radical (unpaired) electrons. The number of carbonyl (C=O) groups is 1. The van der Waals surface area contributed by atoms with E-state index in [1.165, 1.54) is 11.8 Å². The van der Waals surface area contributed by atoms with E-state index in [0.29, 0.717) is 22.9 Å². The van der Waals surface area contributed by atoms with Gasteiger partial charge in [0.2, 0.25) is 17.7 Å². The molecule has 2 heterocycles. The van der Waals surface area contributed by atoms with Crippen molar-refractivity contribution >= 4 is 29.6 Å². The molecule has 1 fully saturated rings. The van der Waals surface area contributed by atoms with Crippen LogP contribution in [0.2, 0.25) is 0 Å². The van der Waals surface area contributed by atoms with Gasteiger partial charge in [0.1, 0.15) is 0 Å². The highest BCUT2D eigenvalue weighted by Crippen LogP contribution is 2.39. The van der Waals surface area contributed by atoms with Crippen LogP contribution in [0.4, 0.5) is 12.0 Å². The highest BCUT2D eigenvalue weighted by Gasteiger charge is 2.29. The largest absolute Gasteiger partial charge is 0.408 e. The lowest BCUT2D eigenvalue weighted by Crippen LogP contribution is -2.14. The van der Waals surface area contributed by atoms with Gasteiger partial charge in [-0.15, -0.1) is 15.3 Å². The second-order valence-electron chi connectivity index (χ2n) is 4.46. The first-order valence-electron chi connectivity index (χ1n) is 6.04. The molecule has 1 amide bonds. The molecular formula is C10H13N7O2S. The van der Waals surface area contributed by atoms with Crippen LogP contribution >= 0.6 is 11.8 Å². The maximum atomic E-state index is 11.8. The van der Waals surface area contributed by atoms with Gasteiger partial charge in [-0.1, -0.05) is 16.9 Å². The van der Waals surface area contributed by atoms with Crippen LogP contribution in [0.25, 0.3) is 0 Å². The van der Waals surface area contributed by atoms with Gasteiger partial charge in [0, 0.05) is 13.0 Å². The summed E-state index contributed by atoms with van der Waals surface area (Å²) in [6.45, 7) is 0. The zero-order valence-corrected chi connectivity index (χ0v) is 11.6. The summed E-state index contributed by atoms with van der Waals surface area (Å²) in [5, 5.41) is 18.3. The normalized spacial score (nSPS) is 14.4. The molecule has 0 aromatic carbocycles. The van der Waals surface area contributed by atoms with E-state index in [4.69, 9.17) is 10.2 Å². The van der Waals surface area contributed by atoms with Crippen molar-refractivity contribution in [3.63, 3.8) is 0 Å². The first-order valence-corrected chi connectivity index (χ1v) is 7.03. The Morgan fingerprint density at radius 2 is 2.25 bits per heavy atom. The summed E-state index contributed by atoms with van der Waals surface area (Å²) >= 11 is 1.23. The number of anilines is 2. The summed E-state index contributed by atoms with van der Waals surface area (Å²) in [5.41, 5.74) is 5.55. The van der Waals surface area contributed by atoms with Crippen molar-refractivity contribution in [2.75, 3.05) is 16.8 Å². The lowest BCUT2D eigenvalue weighted by Gasteiger charge is -2.01. The Morgan fingerprint density at radius 1 is 1.45 bits per heavy atom. The summed E-state index contributed by atoms with van der Waals surface area (Å²) in [7, 11) is 1.73. The fraction of sp³-hybridized carbons (Fsp3) is 0.500. The number of nitrogen functional groups attached to an aromatic ring is 1. The van der Waals surface area contributed by atoms with Crippen LogP contribution in [0.5, 0.6) is 0 Å². The number of hydrogen-bond donors (Lipinski definition) is 2. The number of nitrogens with one attached hydrogen (secondary N) is 1. The lowest BCUT2D eigenvalue weighted by molar-refractivity contribution is -0.113. The van der Waals surface area contributed by atoms with Gasteiger partial charge in [-0.25, -0.2) is 0 Å². The molecule has 0 unspecified atom stereocenters. The van der Waals surface area contributed by atoms with Crippen molar-refractivity contribution < 1.29 is 9.21 Å². The molecule has 2 aromatic rings. The zero-order valence-electron chi connectivity index (χ0n) is 10.7. The minimum atomic E-state index is -0.248. The standard InChI is InChI=1S/C10H13N7O2S/c1-17-8(11)14-16-10(17)20-4-6(18)12-9-15-13-7(19-9)5-2-3-5/h5H,2-4H2,1H3,(H2,11,14)(H,12,15,18). The van der Waals surface area contributed by atoms with Crippen molar-refractivity contribution in [1.29, 1.82) is 0 Å². The van der Waals surface area contributed by atoms with E-state index < -0.39 is 0 Å². The Balaban J connectivity index is 1.52. The van der Waals surface area contributed by atoms with E-state index in [2.05, 4.69) is 25.7 Å². The van der Waals surface area contributed by atoms with Crippen molar-refractivity contribution in [3.05, 3.63) is 5.89 Å². The third kappa shape index (κ3) is 2.74. The van der Waals surface area contributed by atoms with Gasteiger partial charge >= 0.3 is 6.01 Å². The van der Waals surface area contributed by atoms with Gasteiger partial charge in [0.05, 0.1) is 5.75 Å². The first-order chi connectivity index (χ1) is 9.63. The van der Waals surface area contributed by atoms with Crippen LogP contribution in [-0.2, 0) is 11.8 Å². The number of amides is 1. The molecule has 9 nitrogen and oxygen atoms in total. The Kier molecular flexibility index (Phi) is 3.30. The fourth-order valence-electron chi connectivity index (χ4n) is 1.52. The van der Waals surface area contributed by atoms with E-state index in [1.54, 1.807) is 11.6 Å². The van der Waals surface area contributed by atoms with Gasteiger partial charge < -0.3 is 10.2 Å². The molecule has 1 aliphatic rings. The van der Waals surface area contributed by atoms with Crippen LogP contribution in [0.3, 0.4) is 0 Å². The van der Waals surface area contributed by atoms with Crippen LogP contribution in [0.1, 0.15) is 24.7 Å². The number of nitrogens with two attached hydrogens (primary N) is 1. The Labute approximate surface area is 118 Å². The topological polar surface area (TPSA) is 125 Å². The lowest BCUT2D eigenvalue weighted by atomic mass is 10.4. The summed E-state index contributed by atoms with van der Waals surface area (Å²) in [6.07, 6.45) is 2.14. The quantitative estimate of drug-likeness (QED) is 0.759. The number of hydrogen-bond acceptors (Lipinski definition) is 8. The molecule has 20 heavy (non-hydrogen) atoms. The Bertz CT molecular complexity index is 633. The zero-order chi connectivity index (χ0) is 14.1. The van der Waals surface area contributed by atoms with E-state index in [0.717, 1.165) is 12.8 Å². The van der Waals surface area contributed by atoms with Gasteiger partial charge in [-0.05, 0) is 12.8 Å².